The molecular weight excluding hydrogens is 342 g/mol. The summed E-state index contributed by atoms with van der Waals surface area (Å²) in [4.78, 5) is 1.26. The Balaban J connectivity index is 2.01. The SMILES string of the molecule is CNCc1ccc(SCc2ccc(Cl)cc2)c(Br)c1. The van der Waals surface area contributed by atoms with Crippen LogP contribution in [0.5, 0.6) is 0 Å². The third kappa shape index (κ3) is 4.53. The van der Waals surface area contributed by atoms with E-state index in [-0.39, 0.29) is 0 Å². The van der Waals surface area contributed by atoms with Gasteiger partial charge in [-0.2, -0.15) is 0 Å². The number of hydrogen-bond donors (Lipinski definition) is 1. The first-order valence-corrected chi connectivity index (χ1v) is 8.15. The molecule has 0 aliphatic heterocycles. The van der Waals surface area contributed by atoms with Crippen LogP contribution in [-0.4, -0.2) is 7.05 Å². The van der Waals surface area contributed by atoms with Gasteiger partial charge < -0.3 is 5.32 Å². The summed E-state index contributed by atoms with van der Waals surface area (Å²) in [7, 11) is 1.96. The second-order valence-corrected chi connectivity index (χ2v) is 6.52. The second kappa shape index (κ2) is 7.34. The molecule has 0 saturated carbocycles. The highest BCUT2D eigenvalue weighted by molar-refractivity contribution is 9.10. The van der Waals surface area contributed by atoms with Crippen molar-refractivity contribution in [1.82, 2.24) is 5.32 Å². The van der Waals surface area contributed by atoms with Gasteiger partial charge >= 0.3 is 0 Å². The van der Waals surface area contributed by atoms with Crippen molar-refractivity contribution in [3.05, 3.63) is 63.1 Å². The van der Waals surface area contributed by atoms with E-state index in [1.165, 1.54) is 16.0 Å². The first-order chi connectivity index (χ1) is 9.19. The zero-order valence-electron chi connectivity index (χ0n) is 10.6. The molecule has 0 heterocycles. The van der Waals surface area contributed by atoms with E-state index in [1.807, 2.05) is 30.9 Å². The molecule has 0 spiro atoms. The summed E-state index contributed by atoms with van der Waals surface area (Å²) in [5.41, 5.74) is 2.56. The summed E-state index contributed by atoms with van der Waals surface area (Å²) < 4.78 is 1.15. The van der Waals surface area contributed by atoms with Crippen LogP contribution in [0.4, 0.5) is 0 Å². The number of halogens is 2. The predicted octanol–water partition coefficient (Wildman–Crippen LogP) is 5.11. The minimum atomic E-state index is 0.784. The van der Waals surface area contributed by atoms with E-state index in [9.17, 15) is 0 Å². The lowest BCUT2D eigenvalue weighted by Crippen LogP contribution is -2.04. The maximum atomic E-state index is 5.88. The molecule has 0 amide bonds. The number of benzene rings is 2. The fourth-order valence-corrected chi connectivity index (χ4v) is 3.49. The van der Waals surface area contributed by atoms with Gasteiger partial charge in [0.15, 0.2) is 0 Å². The van der Waals surface area contributed by atoms with Gasteiger partial charge in [0.2, 0.25) is 0 Å². The molecule has 0 radical (unpaired) electrons. The van der Waals surface area contributed by atoms with Crippen LogP contribution >= 0.6 is 39.3 Å². The van der Waals surface area contributed by atoms with Gasteiger partial charge in [-0.15, -0.1) is 11.8 Å². The van der Waals surface area contributed by atoms with Gasteiger partial charge in [0.25, 0.3) is 0 Å². The summed E-state index contributed by atoms with van der Waals surface area (Å²) in [6, 6.07) is 14.5. The molecule has 1 nitrogen and oxygen atoms in total. The van der Waals surface area contributed by atoms with Crippen LogP contribution in [0.25, 0.3) is 0 Å². The van der Waals surface area contributed by atoms with Crippen molar-refractivity contribution in [2.75, 3.05) is 7.05 Å². The number of hydrogen-bond acceptors (Lipinski definition) is 2. The maximum absolute atomic E-state index is 5.88. The molecule has 100 valence electrons. The van der Waals surface area contributed by atoms with Crippen LogP contribution in [0, 0.1) is 0 Å². The Hall–Kier alpha value is -0.480. The zero-order chi connectivity index (χ0) is 13.7. The smallest absolute Gasteiger partial charge is 0.0406 e. The zero-order valence-corrected chi connectivity index (χ0v) is 13.8. The summed E-state index contributed by atoms with van der Waals surface area (Å²) in [6.07, 6.45) is 0. The van der Waals surface area contributed by atoms with Crippen LogP contribution in [0.2, 0.25) is 5.02 Å². The maximum Gasteiger partial charge on any atom is 0.0406 e. The topological polar surface area (TPSA) is 12.0 Å². The molecule has 2 rings (SSSR count). The predicted molar refractivity (Wildman–Crippen MR) is 87.9 cm³/mol. The first kappa shape index (κ1) is 14.9. The van der Waals surface area contributed by atoms with Gasteiger partial charge in [0.1, 0.15) is 0 Å². The Morgan fingerprint density at radius 3 is 2.42 bits per heavy atom. The lowest BCUT2D eigenvalue weighted by molar-refractivity contribution is 0.816. The van der Waals surface area contributed by atoms with Crippen molar-refractivity contribution < 1.29 is 0 Å². The number of rotatable bonds is 5. The molecule has 2 aromatic carbocycles. The van der Waals surface area contributed by atoms with E-state index in [0.29, 0.717) is 0 Å². The molecule has 0 fully saturated rings. The highest BCUT2D eigenvalue weighted by atomic mass is 79.9. The highest BCUT2D eigenvalue weighted by Gasteiger charge is 2.03. The van der Waals surface area contributed by atoms with Gasteiger partial charge in [-0.05, 0) is 58.4 Å². The molecule has 4 heteroatoms. The van der Waals surface area contributed by atoms with E-state index in [1.54, 1.807) is 0 Å². The monoisotopic (exact) mass is 355 g/mol. The molecule has 0 aliphatic carbocycles. The third-order valence-electron chi connectivity index (χ3n) is 2.68. The summed E-state index contributed by atoms with van der Waals surface area (Å²) >= 11 is 11.3. The molecule has 0 aromatic heterocycles. The largest absolute Gasteiger partial charge is 0.316 e. The first-order valence-electron chi connectivity index (χ1n) is 5.99. The lowest BCUT2D eigenvalue weighted by atomic mass is 10.2. The standard InChI is InChI=1S/C15H15BrClNS/c1-18-9-12-4-7-15(14(16)8-12)19-10-11-2-5-13(17)6-3-11/h2-8,18H,9-10H2,1H3. The average Bonchev–Trinajstić information content (AvgIpc) is 2.40. The normalized spacial score (nSPS) is 10.7. The van der Waals surface area contributed by atoms with Crippen molar-refractivity contribution >= 4 is 39.3 Å². The van der Waals surface area contributed by atoms with E-state index >= 15 is 0 Å². The Morgan fingerprint density at radius 2 is 1.79 bits per heavy atom. The minimum Gasteiger partial charge on any atom is -0.316 e. The average molecular weight is 357 g/mol. The molecule has 0 aliphatic rings. The Labute approximate surface area is 131 Å². The molecule has 0 saturated heterocycles. The third-order valence-corrected chi connectivity index (χ3v) is 5.00. The fourth-order valence-electron chi connectivity index (χ4n) is 1.72. The van der Waals surface area contributed by atoms with Crippen molar-refractivity contribution in [2.24, 2.45) is 0 Å². The minimum absolute atomic E-state index is 0.784. The van der Waals surface area contributed by atoms with E-state index in [0.717, 1.165) is 21.8 Å². The van der Waals surface area contributed by atoms with Crippen molar-refractivity contribution in [3.63, 3.8) is 0 Å². The van der Waals surface area contributed by atoms with E-state index in [2.05, 4.69) is 51.6 Å². The molecule has 0 unspecified atom stereocenters. The van der Waals surface area contributed by atoms with Crippen molar-refractivity contribution in [3.8, 4) is 0 Å². The molecule has 19 heavy (non-hydrogen) atoms. The summed E-state index contributed by atoms with van der Waals surface area (Å²) in [5, 5.41) is 3.94. The summed E-state index contributed by atoms with van der Waals surface area (Å²) in [5.74, 6) is 0.946. The van der Waals surface area contributed by atoms with E-state index in [4.69, 9.17) is 11.6 Å². The van der Waals surface area contributed by atoms with Crippen molar-refractivity contribution in [1.29, 1.82) is 0 Å². The van der Waals surface area contributed by atoms with Crippen LogP contribution in [0.1, 0.15) is 11.1 Å². The van der Waals surface area contributed by atoms with Gasteiger partial charge in [0, 0.05) is 26.7 Å². The summed E-state index contributed by atoms with van der Waals surface area (Å²) in [6.45, 7) is 0.890. The number of thioether (sulfide) groups is 1. The van der Waals surface area contributed by atoms with Crippen LogP contribution < -0.4 is 5.32 Å². The van der Waals surface area contributed by atoms with Crippen LogP contribution in [0.3, 0.4) is 0 Å². The molecule has 0 bridgehead atoms. The molecular formula is C15H15BrClNS. The van der Waals surface area contributed by atoms with E-state index < -0.39 is 0 Å². The Kier molecular flexibility index (Phi) is 5.76. The van der Waals surface area contributed by atoms with Gasteiger partial charge in [-0.25, -0.2) is 0 Å². The molecule has 2 aromatic rings. The van der Waals surface area contributed by atoms with Crippen LogP contribution in [-0.2, 0) is 12.3 Å². The highest BCUT2D eigenvalue weighted by Crippen LogP contribution is 2.31. The van der Waals surface area contributed by atoms with Gasteiger partial charge in [-0.1, -0.05) is 29.8 Å². The van der Waals surface area contributed by atoms with Crippen molar-refractivity contribution in [2.45, 2.75) is 17.2 Å². The van der Waals surface area contributed by atoms with Gasteiger partial charge in [-0.3, -0.25) is 0 Å². The number of nitrogens with one attached hydrogen (secondary N) is 1. The Bertz CT molecular complexity index is 542. The van der Waals surface area contributed by atoms with Crippen LogP contribution in [0.15, 0.2) is 51.8 Å². The van der Waals surface area contributed by atoms with Gasteiger partial charge in [0.05, 0.1) is 0 Å². The fraction of sp³-hybridized carbons (Fsp3) is 0.200. The molecule has 1 N–H and O–H groups in total. The molecule has 0 atom stereocenters. The Morgan fingerprint density at radius 1 is 1.11 bits per heavy atom. The quantitative estimate of drug-likeness (QED) is 0.747. The second-order valence-electron chi connectivity index (χ2n) is 4.21. The lowest BCUT2D eigenvalue weighted by Gasteiger charge is -2.07.